The van der Waals surface area contributed by atoms with E-state index in [-0.39, 0.29) is 0 Å². The average molecular weight is 1230 g/mol. The molecule has 30 saturated heterocycles. The lowest BCUT2D eigenvalue weighted by Gasteiger charge is -2.50. The number of hydrogen-bond acceptors (Lipinski definition) is 36. The van der Waals surface area contributed by atoms with Crippen LogP contribution in [0.1, 0.15) is 27.7 Å². The van der Waals surface area contributed by atoms with Crippen LogP contribution in [0.3, 0.4) is 0 Å². The molecule has 30 aliphatic heterocycles. The van der Waals surface area contributed by atoms with Crippen molar-refractivity contribution in [1.29, 1.82) is 0 Å². The zero-order valence-corrected chi connectivity index (χ0v) is 45.4. The van der Waals surface area contributed by atoms with Gasteiger partial charge in [0, 0.05) is 0 Å². The van der Waals surface area contributed by atoms with Crippen LogP contribution in [0.25, 0.3) is 0 Å². The van der Waals surface area contributed by atoms with Crippen molar-refractivity contribution in [1.82, 2.24) is 0 Å². The van der Waals surface area contributed by atoms with Gasteiger partial charge in [-0.05, 0) is 27.7 Å². The minimum atomic E-state index is -2.18. The van der Waals surface area contributed by atoms with E-state index in [4.69, 9.17) is 75.8 Å². The van der Waals surface area contributed by atoms with Crippen LogP contribution in [0.2, 0.25) is 0 Å². The van der Waals surface area contributed by atoms with Crippen LogP contribution in [0, 0.1) is 0 Å². The van der Waals surface area contributed by atoms with Crippen LogP contribution in [-0.4, -0.2) is 374 Å². The fraction of sp³-hybridized carbons (Fsp3) is 1.00. The van der Waals surface area contributed by atoms with Gasteiger partial charge in [0.1, 0.15) is 171 Å². The van der Waals surface area contributed by atoms with Crippen LogP contribution in [0.4, 0.5) is 0 Å². The summed E-state index contributed by atoms with van der Waals surface area (Å²) < 4.78 is 92.6. The highest BCUT2D eigenvalue weighted by atomic mass is 16.8. The number of ether oxygens (including phenoxy) is 16. The van der Waals surface area contributed by atoms with E-state index in [1.54, 1.807) is 0 Å². The summed E-state index contributed by atoms with van der Waals surface area (Å²) in [6, 6.07) is 0. The van der Waals surface area contributed by atoms with Crippen LogP contribution >= 0.6 is 0 Å². The first-order chi connectivity index (χ1) is 39.7. The number of aliphatic hydroxyl groups is 20. The van der Waals surface area contributed by atoms with Crippen molar-refractivity contribution in [2.45, 2.75) is 273 Å². The average Bonchev–Trinajstić information content (AvgIpc) is 1.26. The fourth-order valence-corrected chi connectivity index (χ4v) is 11.8. The molecule has 0 spiro atoms. The van der Waals surface area contributed by atoms with E-state index >= 15 is 0 Å². The minimum Gasteiger partial charge on any atom is -0.394 e. The highest BCUT2D eigenvalue weighted by molar-refractivity contribution is 5.01. The Labute approximate surface area is 477 Å². The summed E-state index contributed by atoms with van der Waals surface area (Å²) in [4.78, 5) is 0. The lowest BCUT2D eigenvalue weighted by molar-refractivity contribution is -0.401. The molecule has 20 N–H and O–H groups in total. The van der Waals surface area contributed by atoms with Crippen LogP contribution in [0.15, 0.2) is 0 Å². The van der Waals surface area contributed by atoms with Gasteiger partial charge in [-0.3, -0.25) is 0 Å². The molecule has 30 rings (SSSR count). The van der Waals surface area contributed by atoms with Gasteiger partial charge >= 0.3 is 0 Å². The molecule has 30 fully saturated rings. The van der Waals surface area contributed by atoms with Crippen LogP contribution in [-0.2, 0) is 75.8 Å². The Morgan fingerprint density at radius 2 is 0.310 bits per heavy atom. The topological polar surface area (TPSA) is 552 Å². The van der Waals surface area contributed by atoms with Crippen LogP contribution < -0.4 is 0 Å². The fourth-order valence-electron chi connectivity index (χ4n) is 11.8. The maximum absolute atomic E-state index is 11.4. The first-order valence-electron chi connectivity index (χ1n) is 27.5. The SMILES string of the molecule is CC1OC2OC3C(C)OC(OC4C(CO)OC(OC5C(CO)OC(OC6C(CO)OC(OC7C(C)OC(OC8C(CO)OC(OC9C(C)OC(OC1C(O)C2O)C(O)C9O)C(O)C8O)C(O)C7O)C(O)C6O)C(O)C5O)C(O)C4O)C(O)C3O. The monoisotopic (exact) mass is 1230 g/mol. The van der Waals surface area contributed by atoms with E-state index in [1.165, 1.54) is 27.7 Å². The van der Waals surface area contributed by atoms with Crippen molar-refractivity contribution < 1.29 is 178 Å². The second-order valence-electron chi connectivity index (χ2n) is 22.4. The molecule has 36 nitrogen and oxygen atoms in total. The highest BCUT2D eigenvalue weighted by Crippen LogP contribution is 2.39. The summed E-state index contributed by atoms with van der Waals surface area (Å²) in [5.74, 6) is 0. The number of aliphatic hydroxyl groups excluding tert-OH is 20. The zero-order chi connectivity index (χ0) is 61.2. The number of rotatable bonds is 4. The van der Waals surface area contributed by atoms with Gasteiger partial charge in [0.05, 0.1) is 50.8 Å². The van der Waals surface area contributed by atoms with Gasteiger partial charge in [0.2, 0.25) is 0 Å². The summed E-state index contributed by atoms with van der Waals surface area (Å²) >= 11 is 0. The van der Waals surface area contributed by atoms with E-state index in [0.29, 0.717) is 0 Å². The predicted octanol–water partition coefficient (Wildman–Crippen LogP) is -13.3. The van der Waals surface area contributed by atoms with Crippen molar-refractivity contribution in [3.8, 4) is 0 Å². The molecule has 40 atom stereocenters. The highest BCUT2D eigenvalue weighted by Gasteiger charge is 2.59. The summed E-state index contributed by atoms with van der Waals surface area (Å²) in [6.07, 6.45) is -73.4. The Bertz CT molecular complexity index is 2070. The molecule has 84 heavy (non-hydrogen) atoms. The molecular formula is C48H80O36. The molecular weight excluding hydrogens is 1150 g/mol. The Balaban J connectivity index is 0.950. The summed E-state index contributed by atoms with van der Waals surface area (Å²) in [5, 5.41) is 223. The number of hydrogen-bond donors (Lipinski definition) is 20. The summed E-state index contributed by atoms with van der Waals surface area (Å²) in [5.41, 5.74) is 0. The molecule has 0 aromatic heterocycles. The molecule has 0 amide bonds. The standard InChI is InChI=1S/C48H80O36/c1-9-33-17(53)25(61)41(69-9)78-34-10(2)71-43(27(63)19(34)55)82-38-14(6-50)75-47(31(67)23(38)59)84-40-16(8-52)76-48(32(68)24(40)60)83-39-15(7-51)74-46(30(66)22(39)58)80-36-12(4)72-44(28(64)20(36)56)81-37-13(5-49)73-45(29(65)21(37)57)79-35-11(3)70-42(77-33)26(62)18(35)54/h9-68H,5-8H2,1-4H3. The Kier molecular flexibility index (Phi) is 22.0. The van der Waals surface area contributed by atoms with Gasteiger partial charge in [-0.25, -0.2) is 0 Å². The molecule has 30 aliphatic rings. The molecule has 0 aliphatic carbocycles. The molecule has 0 radical (unpaired) electrons. The smallest absolute Gasteiger partial charge is 0.187 e. The van der Waals surface area contributed by atoms with E-state index in [9.17, 15) is 102 Å². The van der Waals surface area contributed by atoms with Gasteiger partial charge in [0.15, 0.2) is 50.3 Å². The van der Waals surface area contributed by atoms with E-state index < -0.39 is 272 Å². The van der Waals surface area contributed by atoms with Gasteiger partial charge in [-0.1, -0.05) is 0 Å². The first-order valence-corrected chi connectivity index (χ1v) is 27.5. The lowest BCUT2D eigenvalue weighted by Crippen LogP contribution is -2.68. The third kappa shape index (κ3) is 12.9. The van der Waals surface area contributed by atoms with Crippen molar-refractivity contribution in [2.75, 3.05) is 26.4 Å². The second kappa shape index (κ2) is 27.6. The lowest BCUT2D eigenvalue weighted by atomic mass is 9.95. The van der Waals surface area contributed by atoms with Crippen molar-refractivity contribution >= 4 is 0 Å². The molecule has 36 heteroatoms. The van der Waals surface area contributed by atoms with Crippen molar-refractivity contribution in [2.24, 2.45) is 0 Å². The molecule has 0 aromatic carbocycles. The van der Waals surface area contributed by atoms with E-state index in [0.717, 1.165) is 0 Å². The molecule has 0 aromatic rings. The first kappa shape index (κ1) is 67.0. The predicted molar refractivity (Wildman–Crippen MR) is 255 cm³/mol. The van der Waals surface area contributed by atoms with Gasteiger partial charge in [-0.15, -0.1) is 0 Å². The van der Waals surface area contributed by atoms with Crippen LogP contribution in [0.5, 0.6) is 0 Å². The molecule has 30 heterocycles. The molecule has 0 saturated carbocycles. The summed E-state index contributed by atoms with van der Waals surface area (Å²) in [6.45, 7) is 1.37. The quantitative estimate of drug-likeness (QED) is 0.124. The van der Waals surface area contributed by atoms with E-state index in [2.05, 4.69) is 0 Å². The largest absolute Gasteiger partial charge is 0.394 e. The van der Waals surface area contributed by atoms with Gasteiger partial charge in [-0.2, -0.15) is 0 Å². The van der Waals surface area contributed by atoms with Gasteiger partial charge in [0.25, 0.3) is 0 Å². The van der Waals surface area contributed by atoms with E-state index in [1.807, 2.05) is 0 Å². The summed E-state index contributed by atoms with van der Waals surface area (Å²) in [7, 11) is 0. The Hall–Kier alpha value is -1.44. The maximum Gasteiger partial charge on any atom is 0.187 e. The van der Waals surface area contributed by atoms with Crippen molar-refractivity contribution in [3.05, 3.63) is 0 Å². The third-order valence-electron chi connectivity index (χ3n) is 16.7. The minimum absolute atomic E-state index is 0.954. The Morgan fingerprint density at radius 3 is 0.464 bits per heavy atom. The molecule has 16 bridgehead atoms. The Morgan fingerprint density at radius 1 is 0.179 bits per heavy atom. The molecule has 488 valence electrons. The molecule has 40 unspecified atom stereocenters. The normalized spacial score (nSPS) is 57.4. The second-order valence-corrected chi connectivity index (χ2v) is 22.4. The third-order valence-corrected chi connectivity index (χ3v) is 16.7. The van der Waals surface area contributed by atoms with Gasteiger partial charge < -0.3 is 178 Å². The zero-order valence-electron chi connectivity index (χ0n) is 45.4. The van der Waals surface area contributed by atoms with Crippen molar-refractivity contribution in [3.63, 3.8) is 0 Å². The maximum atomic E-state index is 11.4.